The average molecular weight is 272 g/mol. The first kappa shape index (κ1) is 14.1. The summed E-state index contributed by atoms with van der Waals surface area (Å²) in [6.45, 7) is 9.56. The molecule has 1 saturated heterocycles. The summed E-state index contributed by atoms with van der Waals surface area (Å²) in [5.74, 6) is 2.24. The van der Waals surface area contributed by atoms with Crippen molar-refractivity contribution in [3.05, 3.63) is 35.4 Å². The van der Waals surface area contributed by atoms with Gasteiger partial charge in [0.25, 0.3) is 0 Å². The highest BCUT2D eigenvalue weighted by atomic mass is 15.2. The number of fused-ring (bicyclic) bond motifs is 1. The Bertz CT molecular complexity index is 460. The maximum absolute atomic E-state index is 6.63. The Morgan fingerprint density at radius 1 is 0.950 bits per heavy atom. The van der Waals surface area contributed by atoms with Crippen LogP contribution in [0.2, 0.25) is 0 Å². The molecule has 0 aromatic heterocycles. The molecular formula is C18H28N2. The predicted octanol–water partition coefficient (Wildman–Crippen LogP) is 3.54. The van der Waals surface area contributed by atoms with E-state index < -0.39 is 0 Å². The molecule has 1 aliphatic carbocycles. The molecule has 2 nitrogen and oxygen atoms in total. The van der Waals surface area contributed by atoms with Crippen LogP contribution in [0.4, 0.5) is 0 Å². The summed E-state index contributed by atoms with van der Waals surface area (Å²) in [6.07, 6.45) is 2.57. The molecule has 0 bridgehead atoms. The maximum atomic E-state index is 6.63. The molecule has 5 atom stereocenters. The van der Waals surface area contributed by atoms with Crippen LogP contribution >= 0.6 is 0 Å². The van der Waals surface area contributed by atoms with Gasteiger partial charge >= 0.3 is 0 Å². The van der Waals surface area contributed by atoms with Crippen LogP contribution < -0.4 is 5.73 Å². The molecular weight excluding hydrogens is 244 g/mol. The van der Waals surface area contributed by atoms with Gasteiger partial charge in [0.15, 0.2) is 0 Å². The molecule has 0 spiro atoms. The summed E-state index contributed by atoms with van der Waals surface area (Å²) in [6, 6.07) is 9.48. The van der Waals surface area contributed by atoms with Crippen molar-refractivity contribution in [2.45, 2.75) is 51.6 Å². The standard InChI is InChI=1S/C18H28N2/c1-12-8-13(2)11-20(10-12)17-9-14(3)15-6-4-5-7-16(15)18(17)19/h4-7,12-14,17-18H,8-11,19H2,1-3H3. The zero-order valence-electron chi connectivity index (χ0n) is 13.0. The van der Waals surface area contributed by atoms with E-state index in [0.29, 0.717) is 12.0 Å². The zero-order valence-corrected chi connectivity index (χ0v) is 13.0. The van der Waals surface area contributed by atoms with Gasteiger partial charge in [0.05, 0.1) is 0 Å². The van der Waals surface area contributed by atoms with E-state index in [1.165, 1.54) is 37.1 Å². The molecule has 2 N–H and O–H groups in total. The van der Waals surface area contributed by atoms with Crippen molar-refractivity contribution in [1.82, 2.24) is 4.90 Å². The van der Waals surface area contributed by atoms with Crippen LogP contribution in [-0.2, 0) is 0 Å². The number of nitrogens with two attached hydrogens (primary N) is 1. The Kier molecular flexibility index (Phi) is 3.87. The van der Waals surface area contributed by atoms with Gasteiger partial charge in [0, 0.05) is 25.2 Å². The fourth-order valence-electron chi connectivity index (χ4n) is 4.46. The first-order valence-electron chi connectivity index (χ1n) is 8.14. The molecule has 1 heterocycles. The Balaban J connectivity index is 1.85. The highest BCUT2D eigenvalue weighted by Gasteiger charge is 2.36. The fourth-order valence-corrected chi connectivity index (χ4v) is 4.46. The minimum atomic E-state index is 0.180. The third-order valence-corrected chi connectivity index (χ3v) is 5.26. The number of benzene rings is 1. The van der Waals surface area contributed by atoms with Crippen LogP contribution in [0.3, 0.4) is 0 Å². The molecule has 20 heavy (non-hydrogen) atoms. The van der Waals surface area contributed by atoms with E-state index in [9.17, 15) is 0 Å². The fraction of sp³-hybridized carbons (Fsp3) is 0.667. The number of hydrogen-bond acceptors (Lipinski definition) is 2. The van der Waals surface area contributed by atoms with Crippen LogP contribution in [0.1, 0.15) is 56.7 Å². The lowest BCUT2D eigenvalue weighted by Gasteiger charge is -2.46. The largest absolute Gasteiger partial charge is 0.323 e. The molecule has 0 radical (unpaired) electrons. The normalized spacial score (nSPS) is 38.5. The summed E-state index contributed by atoms with van der Waals surface area (Å²) < 4.78 is 0. The molecule has 2 aliphatic rings. The lowest BCUT2D eigenvalue weighted by atomic mass is 9.76. The van der Waals surface area contributed by atoms with Crippen LogP contribution in [0.15, 0.2) is 24.3 Å². The minimum Gasteiger partial charge on any atom is -0.323 e. The van der Waals surface area contributed by atoms with Gasteiger partial charge in [-0.25, -0.2) is 0 Å². The summed E-state index contributed by atoms with van der Waals surface area (Å²) in [4.78, 5) is 2.68. The van der Waals surface area contributed by atoms with Crippen LogP contribution in [0, 0.1) is 11.8 Å². The topological polar surface area (TPSA) is 29.3 Å². The SMILES string of the molecule is CC1CC(C)CN(C2CC(C)c3ccccc3C2N)C1. The summed E-state index contributed by atoms with van der Waals surface area (Å²) >= 11 is 0. The number of nitrogens with zero attached hydrogens (tertiary/aromatic N) is 1. The summed E-state index contributed by atoms with van der Waals surface area (Å²) in [7, 11) is 0. The van der Waals surface area contributed by atoms with E-state index in [1.54, 1.807) is 0 Å². The van der Waals surface area contributed by atoms with Gasteiger partial charge in [0.1, 0.15) is 0 Å². The van der Waals surface area contributed by atoms with Gasteiger partial charge < -0.3 is 5.73 Å². The average Bonchev–Trinajstić information content (AvgIpc) is 2.42. The van der Waals surface area contributed by atoms with E-state index in [4.69, 9.17) is 5.73 Å². The van der Waals surface area contributed by atoms with E-state index in [-0.39, 0.29) is 6.04 Å². The molecule has 3 rings (SSSR count). The van der Waals surface area contributed by atoms with Crippen LogP contribution in [0.5, 0.6) is 0 Å². The smallest absolute Gasteiger partial charge is 0.0456 e. The molecule has 0 saturated carbocycles. The number of likely N-dealkylation sites (tertiary alicyclic amines) is 1. The lowest BCUT2D eigenvalue weighted by molar-refractivity contribution is 0.0701. The van der Waals surface area contributed by atoms with Crippen molar-refractivity contribution in [1.29, 1.82) is 0 Å². The Hall–Kier alpha value is -0.860. The van der Waals surface area contributed by atoms with Crippen molar-refractivity contribution in [2.75, 3.05) is 13.1 Å². The van der Waals surface area contributed by atoms with Gasteiger partial charge in [-0.3, -0.25) is 4.90 Å². The minimum absolute atomic E-state index is 0.180. The van der Waals surface area contributed by atoms with Gasteiger partial charge in [-0.05, 0) is 41.7 Å². The molecule has 1 aromatic carbocycles. The molecule has 1 aliphatic heterocycles. The maximum Gasteiger partial charge on any atom is 0.0456 e. The van der Waals surface area contributed by atoms with Crippen molar-refractivity contribution in [3.63, 3.8) is 0 Å². The molecule has 0 amide bonds. The lowest BCUT2D eigenvalue weighted by Crippen LogP contribution is -2.51. The Morgan fingerprint density at radius 3 is 2.20 bits per heavy atom. The second-order valence-electron chi connectivity index (χ2n) is 7.26. The van der Waals surface area contributed by atoms with E-state index in [1.807, 2.05) is 0 Å². The van der Waals surface area contributed by atoms with Gasteiger partial charge in [-0.2, -0.15) is 0 Å². The van der Waals surface area contributed by atoms with Gasteiger partial charge in [0.2, 0.25) is 0 Å². The molecule has 2 heteroatoms. The third kappa shape index (κ3) is 2.51. The van der Waals surface area contributed by atoms with E-state index >= 15 is 0 Å². The summed E-state index contributed by atoms with van der Waals surface area (Å²) in [5.41, 5.74) is 9.48. The molecule has 110 valence electrons. The molecule has 1 aromatic rings. The zero-order chi connectivity index (χ0) is 14.3. The Morgan fingerprint density at radius 2 is 1.55 bits per heavy atom. The second kappa shape index (κ2) is 5.50. The van der Waals surface area contributed by atoms with E-state index in [2.05, 4.69) is 49.9 Å². The van der Waals surface area contributed by atoms with Crippen molar-refractivity contribution in [3.8, 4) is 0 Å². The highest BCUT2D eigenvalue weighted by molar-refractivity contribution is 5.36. The van der Waals surface area contributed by atoms with Crippen molar-refractivity contribution < 1.29 is 0 Å². The first-order valence-corrected chi connectivity index (χ1v) is 8.14. The van der Waals surface area contributed by atoms with E-state index in [0.717, 1.165) is 11.8 Å². The molecule has 5 unspecified atom stereocenters. The highest BCUT2D eigenvalue weighted by Crippen LogP contribution is 2.39. The number of piperidine rings is 1. The third-order valence-electron chi connectivity index (χ3n) is 5.26. The van der Waals surface area contributed by atoms with Crippen LogP contribution in [-0.4, -0.2) is 24.0 Å². The predicted molar refractivity (Wildman–Crippen MR) is 84.7 cm³/mol. The Labute approximate surface area is 123 Å². The number of hydrogen-bond donors (Lipinski definition) is 1. The monoisotopic (exact) mass is 272 g/mol. The number of rotatable bonds is 1. The quantitative estimate of drug-likeness (QED) is 0.847. The second-order valence-corrected chi connectivity index (χ2v) is 7.26. The van der Waals surface area contributed by atoms with Gasteiger partial charge in [-0.15, -0.1) is 0 Å². The summed E-state index contributed by atoms with van der Waals surface area (Å²) in [5, 5.41) is 0. The van der Waals surface area contributed by atoms with Crippen LogP contribution in [0.25, 0.3) is 0 Å². The first-order chi connectivity index (χ1) is 9.56. The van der Waals surface area contributed by atoms with Gasteiger partial charge in [-0.1, -0.05) is 45.0 Å². The molecule has 1 fully saturated rings. The van der Waals surface area contributed by atoms with Crippen molar-refractivity contribution >= 4 is 0 Å². The van der Waals surface area contributed by atoms with Crippen molar-refractivity contribution in [2.24, 2.45) is 17.6 Å².